The summed E-state index contributed by atoms with van der Waals surface area (Å²) < 4.78 is 5.22. The molecule has 12 heavy (non-hydrogen) atoms. The minimum Gasteiger partial charge on any atom is -0.380 e. The summed E-state index contributed by atoms with van der Waals surface area (Å²) in [5.74, 6) is -0.144. The van der Waals surface area contributed by atoms with Crippen molar-refractivity contribution in [1.82, 2.24) is 5.32 Å². The van der Waals surface area contributed by atoms with E-state index in [1.807, 2.05) is 0 Å². The van der Waals surface area contributed by atoms with Crippen LogP contribution in [-0.2, 0) is 9.53 Å². The van der Waals surface area contributed by atoms with Crippen LogP contribution in [0.15, 0.2) is 12.7 Å². The van der Waals surface area contributed by atoms with E-state index in [1.54, 1.807) is 0 Å². The lowest BCUT2D eigenvalue weighted by molar-refractivity contribution is -0.116. The minimum atomic E-state index is -0.144. The van der Waals surface area contributed by atoms with Gasteiger partial charge in [-0.15, -0.1) is 0 Å². The van der Waals surface area contributed by atoms with E-state index in [0.717, 1.165) is 19.4 Å². The zero-order chi connectivity index (χ0) is 9.23. The van der Waals surface area contributed by atoms with Gasteiger partial charge in [-0.3, -0.25) is 4.79 Å². The topological polar surface area (TPSA) is 38.3 Å². The molecule has 0 bridgehead atoms. The third kappa shape index (κ3) is 7.28. The van der Waals surface area contributed by atoms with Crippen molar-refractivity contribution in [2.45, 2.75) is 19.8 Å². The number of rotatable bonds is 7. The van der Waals surface area contributed by atoms with Crippen LogP contribution < -0.4 is 5.32 Å². The van der Waals surface area contributed by atoms with Gasteiger partial charge in [-0.25, -0.2) is 0 Å². The number of hydrogen-bond acceptors (Lipinski definition) is 2. The Kier molecular flexibility index (Phi) is 7.70. The highest BCUT2D eigenvalue weighted by molar-refractivity contribution is 5.86. The lowest BCUT2D eigenvalue weighted by atomic mass is 10.4. The Morgan fingerprint density at radius 3 is 2.92 bits per heavy atom. The molecule has 0 aliphatic heterocycles. The first-order chi connectivity index (χ1) is 5.81. The van der Waals surface area contributed by atoms with E-state index >= 15 is 0 Å². The Balaban J connectivity index is 3.00. The smallest absolute Gasteiger partial charge is 0.243 e. The first-order valence-electron chi connectivity index (χ1n) is 4.29. The second kappa shape index (κ2) is 8.27. The third-order valence-corrected chi connectivity index (χ3v) is 1.37. The Morgan fingerprint density at radius 1 is 1.58 bits per heavy atom. The van der Waals surface area contributed by atoms with E-state index < -0.39 is 0 Å². The summed E-state index contributed by atoms with van der Waals surface area (Å²) in [6.45, 7) is 7.38. The quantitative estimate of drug-likeness (QED) is 0.460. The summed E-state index contributed by atoms with van der Waals surface area (Å²) in [6, 6.07) is 0. The fourth-order valence-corrected chi connectivity index (χ4v) is 0.667. The Bertz CT molecular complexity index is 134. The maximum absolute atomic E-state index is 10.6. The molecule has 0 fully saturated rings. The van der Waals surface area contributed by atoms with Gasteiger partial charge < -0.3 is 10.1 Å². The van der Waals surface area contributed by atoms with E-state index in [0.29, 0.717) is 13.2 Å². The Morgan fingerprint density at radius 2 is 2.33 bits per heavy atom. The molecule has 3 heteroatoms. The second-order valence-corrected chi connectivity index (χ2v) is 2.46. The summed E-state index contributed by atoms with van der Waals surface area (Å²) in [5.41, 5.74) is 0. The highest BCUT2D eigenvalue weighted by atomic mass is 16.5. The summed E-state index contributed by atoms with van der Waals surface area (Å²) in [5, 5.41) is 2.63. The average Bonchev–Trinajstić information content (AvgIpc) is 2.10. The lowest BCUT2D eigenvalue weighted by Gasteiger charge is -2.03. The maximum Gasteiger partial charge on any atom is 0.243 e. The first kappa shape index (κ1) is 11.2. The zero-order valence-electron chi connectivity index (χ0n) is 7.64. The molecule has 0 spiro atoms. The second-order valence-electron chi connectivity index (χ2n) is 2.46. The molecule has 0 aliphatic rings. The van der Waals surface area contributed by atoms with Crippen molar-refractivity contribution in [1.29, 1.82) is 0 Å². The highest BCUT2D eigenvalue weighted by Gasteiger charge is 1.91. The van der Waals surface area contributed by atoms with Gasteiger partial charge in [0.1, 0.15) is 0 Å². The van der Waals surface area contributed by atoms with Gasteiger partial charge in [0, 0.05) is 13.2 Å². The molecule has 0 heterocycles. The first-order valence-corrected chi connectivity index (χ1v) is 4.29. The van der Waals surface area contributed by atoms with Crippen LogP contribution >= 0.6 is 0 Å². The van der Waals surface area contributed by atoms with Crippen LogP contribution in [0.3, 0.4) is 0 Å². The van der Waals surface area contributed by atoms with Crippen molar-refractivity contribution in [2.24, 2.45) is 0 Å². The minimum absolute atomic E-state index is 0.144. The molecule has 0 aromatic heterocycles. The van der Waals surface area contributed by atoms with Gasteiger partial charge in [0.15, 0.2) is 0 Å². The van der Waals surface area contributed by atoms with Crippen molar-refractivity contribution >= 4 is 5.91 Å². The average molecular weight is 171 g/mol. The van der Waals surface area contributed by atoms with E-state index in [4.69, 9.17) is 4.74 Å². The van der Waals surface area contributed by atoms with Gasteiger partial charge in [-0.2, -0.15) is 0 Å². The molecular weight excluding hydrogens is 154 g/mol. The predicted molar refractivity (Wildman–Crippen MR) is 48.9 cm³/mol. The molecule has 70 valence electrons. The third-order valence-electron chi connectivity index (χ3n) is 1.37. The van der Waals surface area contributed by atoms with Crippen LogP contribution in [0.25, 0.3) is 0 Å². The molecule has 0 aromatic rings. The van der Waals surface area contributed by atoms with Crippen LogP contribution in [0.1, 0.15) is 19.8 Å². The van der Waals surface area contributed by atoms with E-state index in [-0.39, 0.29) is 5.91 Å². The molecule has 0 aromatic carbocycles. The van der Waals surface area contributed by atoms with Crippen LogP contribution in [0.2, 0.25) is 0 Å². The molecule has 0 aliphatic carbocycles. The lowest BCUT2D eigenvalue weighted by Crippen LogP contribution is -2.25. The molecule has 0 saturated heterocycles. The molecule has 0 unspecified atom stereocenters. The van der Waals surface area contributed by atoms with Gasteiger partial charge in [0.2, 0.25) is 5.91 Å². The number of ether oxygens (including phenoxy) is 1. The zero-order valence-corrected chi connectivity index (χ0v) is 7.64. The van der Waals surface area contributed by atoms with Crippen LogP contribution in [-0.4, -0.2) is 25.7 Å². The number of hydrogen-bond donors (Lipinski definition) is 1. The number of carbonyl (C=O) groups excluding carboxylic acids is 1. The molecular formula is C9H17NO2. The van der Waals surface area contributed by atoms with Crippen molar-refractivity contribution in [2.75, 3.05) is 19.8 Å². The van der Waals surface area contributed by atoms with E-state index in [2.05, 4.69) is 18.8 Å². The van der Waals surface area contributed by atoms with Crippen molar-refractivity contribution < 1.29 is 9.53 Å². The predicted octanol–water partition coefficient (Wildman–Crippen LogP) is 1.11. The number of unbranched alkanes of at least 4 members (excludes halogenated alkanes) is 1. The van der Waals surface area contributed by atoms with Gasteiger partial charge in [-0.1, -0.05) is 19.9 Å². The van der Waals surface area contributed by atoms with Gasteiger partial charge in [-0.05, 0) is 12.5 Å². The molecule has 0 rings (SSSR count). The number of amides is 1. The summed E-state index contributed by atoms with van der Waals surface area (Å²) >= 11 is 0. The van der Waals surface area contributed by atoms with E-state index in [9.17, 15) is 4.79 Å². The number of carbonyl (C=O) groups is 1. The Hall–Kier alpha value is -0.830. The normalized spacial score (nSPS) is 9.42. The fourth-order valence-electron chi connectivity index (χ4n) is 0.667. The van der Waals surface area contributed by atoms with Gasteiger partial charge in [0.25, 0.3) is 0 Å². The van der Waals surface area contributed by atoms with Crippen molar-refractivity contribution in [3.63, 3.8) is 0 Å². The summed E-state index contributed by atoms with van der Waals surface area (Å²) in [7, 11) is 0. The molecule has 0 saturated carbocycles. The van der Waals surface area contributed by atoms with Crippen molar-refractivity contribution in [3.05, 3.63) is 12.7 Å². The van der Waals surface area contributed by atoms with Crippen LogP contribution in [0.4, 0.5) is 0 Å². The van der Waals surface area contributed by atoms with Gasteiger partial charge >= 0.3 is 0 Å². The van der Waals surface area contributed by atoms with Crippen LogP contribution in [0, 0.1) is 0 Å². The molecule has 3 nitrogen and oxygen atoms in total. The highest BCUT2D eigenvalue weighted by Crippen LogP contribution is 1.86. The van der Waals surface area contributed by atoms with E-state index in [1.165, 1.54) is 6.08 Å². The fraction of sp³-hybridized carbons (Fsp3) is 0.667. The SMILES string of the molecule is C=CC(=O)NCCOCCCC. The maximum atomic E-state index is 10.6. The number of nitrogens with one attached hydrogen (secondary N) is 1. The monoisotopic (exact) mass is 171 g/mol. The molecule has 1 amide bonds. The molecule has 0 atom stereocenters. The standard InChI is InChI=1S/C9H17NO2/c1-3-5-7-12-8-6-10-9(11)4-2/h4H,2-3,5-8H2,1H3,(H,10,11). The Labute approximate surface area is 73.8 Å². The van der Waals surface area contributed by atoms with Gasteiger partial charge in [0.05, 0.1) is 6.61 Å². The molecule has 0 radical (unpaired) electrons. The summed E-state index contributed by atoms with van der Waals surface area (Å²) in [6.07, 6.45) is 3.47. The molecule has 1 N–H and O–H groups in total. The van der Waals surface area contributed by atoms with Crippen molar-refractivity contribution in [3.8, 4) is 0 Å². The van der Waals surface area contributed by atoms with Crippen LogP contribution in [0.5, 0.6) is 0 Å². The largest absolute Gasteiger partial charge is 0.380 e. The summed E-state index contributed by atoms with van der Waals surface area (Å²) in [4.78, 5) is 10.6.